The van der Waals surface area contributed by atoms with Crippen molar-refractivity contribution >= 4 is 6.03 Å². The monoisotopic (exact) mass is 316 g/mol. The van der Waals surface area contributed by atoms with Gasteiger partial charge in [-0.2, -0.15) is 0 Å². The van der Waals surface area contributed by atoms with Crippen LogP contribution in [-0.2, 0) is 13.0 Å². The van der Waals surface area contributed by atoms with Gasteiger partial charge in [0.1, 0.15) is 5.82 Å². The van der Waals surface area contributed by atoms with Crippen molar-refractivity contribution in [3.63, 3.8) is 0 Å². The molecule has 23 heavy (non-hydrogen) atoms. The summed E-state index contributed by atoms with van der Waals surface area (Å²) in [4.78, 5) is 11.9. The Morgan fingerprint density at radius 1 is 1.17 bits per heavy atom. The van der Waals surface area contributed by atoms with Crippen LogP contribution in [0.5, 0.6) is 0 Å². The lowest BCUT2D eigenvalue weighted by atomic mass is 10.0. The molecule has 0 aliphatic heterocycles. The second-order valence-electron chi connectivity index (χ2n) is 5.25. The third-order valence-electron chi connectivity index (χ3n) is 3.68. The third kappa shape index (κ3) is 4.79. The van der Waals surface area contributed by atoms with Crippen LogP contribution in [0.3, 0.4) is 0 Å². The molecular formula is C18H21FN2O2. The van der Waals surface area contributed by atoms with Crippen LogP contribution in [0.2, 0.25) is 0 Å². The molecule has 3 N–H and O–H groups in total. The summed E-state index contributed by atoms with van der Waals surface area (Å²) in [5.41, 5.74) is 2.43. The first-order valence-corrected chi connectivity index (χ1v) is 7.61. The van der Waals surface area contributed by atoms with Crippen molar-refractivity contribution in [2.45, 2.75) is 25.9 Å². The van der Waals surface area contributed by atoms with E-state index in [1.54, 1.807) is 18.2 Å². The van der Waals surface area contributed by atoms with Crippen molar-refractivity contribution in [3.8, 4) is 0 Å². The van der Waals surface area contributed by atoms with Crippen LogP contribution in [-0.4, -0.2) is 17.7 Å². The van der Waals surface area contributed by atoms with Gasteiger partial charge in [-0.05, 0) is 23.6 Å². The van der Waals surface area contributed by atoms with Crippen molar-refractivity contribution < 1.29 is 14.3 Å². The van der Waals surface area contributed by atoms with Gasteiger partial charge >= 0.3 is 6.03 Å². The number of halogens is 1. The average molecular weight is 316 g/mol. The minimum atomic E-state index is -0.499. The average Bonchev–Trinajstić information content (AvgIpc) is 2.59. The lowest BCUT2D eigenvalue weighted by Gasteiger charge is -2.17. The Labute approximate surface area is 135 Å². The fraction of sp³-hybridized carbons (Fsp3) is 0.278. The van der Waals surface area contributed by atoms with Crippen molar-refractivity contribution in [1.82, 2.24) is 10.6 Å². The zero-order valence-corrected chi connectivity index (χ0v) is 13.1. The molecule has 0 heterocycles. The van der Waals surface area contributed by atoms with Gasteiger partial charge in [-0.3, -0.25) is 0 Å². The summed E-state index contributed by atoms with van der Waals surface area (Å²) in [6.07, 6.45) is 0.931. The highest BCUT2D eigenvalue weighted by Gasteiger charge is 2.13. The SMILES string of the molecule is CCc1ccc(C(CO)NC(=O)NCc2ccccc2F)cc1. The highest BCUT2D eigenvalue weighted by molar-refractivity contribution is 5.74. The van der Waals surface area contributed by atoms with Crippen molar-refractivity contribution in [2.24, 2.45) is 0 Å². The topological polar surface area (TPSA) is 61.4 Å². The molecule has 0 aromatic heterocycles. The van der Waals surface area contributed by atoms with Gasteiger partial charge in [0.25, 0.3) is 0 Å². The Hall–Kier alpha value is -2.40. The molecule has 1 atom stereocenters. The van der Waals surface area contributed by atoms with E-state index in [1.165, 1.54) is 11.6 Å². The lowest BCUT2D eigenvalue weighted by molar-refractivity contribution is 0.216. The Kier molecular flexibility index (Phi) is 6.11. The summed E-state index contributed by atoms with van der Waals surface area (Å²) in [6, 6.07) is 13.0. The Morgan fingerprint density at radius 3 is 2.48 bits per heavy atom. The molecule has 0 fully saturated rings. The summed E-state index contributed by atoms with van der Waals surface area (Å²) in [6.45, 7) is 1.94. The maximum atomic E-state index is 13.5. The molecular weight excluding hydrogens is 295 g/mol. The fourth-order valence-corrected chi connectivity index (χ4v) is 2.25. The van der Waals surface area contributed by atoms with Crippen LogP contribution >= 0.6 is 0 Å². The predicted octanol–water partition coefficient (Wildman–Crippen LogP) is 2.92. The van der Waals surface area contributed by atoms with E-state index in [1.807, 2.05) is 24.3 Å². The molecule has 0 bridgehead atoms. The summed E-state index contributed by atoms with van der Waals surface area (Å²) in [7, 11) is 0. The molecule has 1 unspecified atom stereocenters. The predicted molar refractivity (Wildman–Crippen MR) is 87.4 cm³/mol. The second-order valence-corrected chi connectivity index (χ2v) is 5.25. The molecule has 0 radical (unpaired) electrons. The minimum Gasteiger partial charge on any atom is -0.394 e. The van der Waals surface area contributed by atoms with Gasteiger partial charge in [-0.25, -0.2) is 9.18 Å². The first kappa shape index (κ1) is 17.0. The van der Waals surface area contributed by atoms with Crippen LogP contribution < -0.4 is 10.6 Å². The molecule has 2 amide bonds. The number of carbonyl (C=O) groups excluding carboxylic acids is 1. The van der Waals surface area contributed by atoms with E-state index in [2.05, 4.69) is 17.6 Å². The molecule has 4 nitrogen and oxygen atoms in total. The number of aliphatic hydroxyl groups excluding tert-OH is 1. The van der Waals surface area contributed by atoms with Crippen LogP contribution in [0.1, 0.15) is 29.7 Å². The molecule has 5 heteroatoms. The van der Waals surface area contributed by atoms with Crippen LogP contribution in [0.15, 0.2) is 48.5 Å². The van der Waals surface area contributed by atoms with E-state index < -0.39 is 12.1 Å². The second kappa shape index (κ2) is 8.29. The smallest absolute Gasteiger partial charge is 0.315 e. The largest absolute Gasteiger partial charge is 0.394 e. The molecule has 122 valence electrons. The quantitative estimate of drug-likeness (QED) is 0.767. The number of aryl methyl sites for hydroxylation is 1. The molecule has 2 rings (SSSR count). The Bertz CT molecular complexity index is 644. The van der Waals surface area contributed by atoms with Gasteiger partial charge in [0.15, 0.2) is 0 Å². The lowest BCUT2D eigenvalue weighted by Crippen LogP contribution is -2.39. The molecule has 0 saturated carbocycles. The van der Waals surface area contributed by atoms with E-state index in [-0.39, 0.29) is 19.0 Å². The number of carbonyl (C=O) groups is 1. The van der Waals surface area contributed by atoms with Crippen LogP contribution in [0.25, 0.3) is 0 Å². The van der Waals surface area contributed by atoms with Crippen molar-refractivity contribution in [3.05, 3.63) is 71.0 Å². The van der Waals surface area contributed by atoms with Crippen molar-refractivity contribution in [2.75, 3.05) is 6.61 Å². The molecule has 0 saturated heterocycles. The molecule has 0 aliphatic rings. The summed E-state index contributed by atoms with van der Waals surface area (Å²) in [5.74, 6) is -0.360. The first-order chi connectivity index (χ1) is 11.1. The zero-order chi connectivity index (χ0) is 16.7. The van der Waals surface area contributed by atoms with Gasteiger partial charge in [-0.1, -0.05) is 49.4 Å². The van der Waals surface area contributed by atoms with Gasteiger partial charge < -0.3 is 15.7 Å². The van der Waals surface area contributed by atoms with E-state index in [4.69, 9.17) is 0 Å². The highest BCUT2D eigenvalue weighted by atomic mass is 19.1. The normalized spacial score (nSPS) is 11.8. The van der Waals surface area contributed by atoms with Crippen LogP contribution in [0.4, 0.5) is 9.18 Å². The summed E-state index contributed by atoms with van der Waals surface area (Å²) >= 11 is 0. The van der Waals surface area contributed by atoms with E-state index >= 15 is 0 Å². The van der Waals surface area contributed by atoms with E-state index in [0.29, 0.717) is 5.56 Å². The third-order valence-corrected chi connectivity index (χ3v) is 3.68. The molecule has 0 aliphatic carbocycles. The van der Waals surface area contributed by atoms with Gasteiger partial charge in [0, 0.05) is 12.1 Å². The van der Waals surface area contributed by atoms with E-state index in [9.17, 15) is 14.3 Å². The van der Waals surface area contributed by atoms with Crippen LogP contribution in [0, 0.1) is 5.82 Å². The number of rotatable bonds is 6. The van der Waals surface area contributed by atoms with Crippen molar-refractivity contribution in [1.29, 1.82) is 0 Å². The molecule has 2 aromatic rings. The summed E-state index contributed by atoms with van der Waals surface area (Å²) < 4.78 is 13.5. The number of hydrogen-bond acceptors (Lipinski definition) is 2. The standard InChI is InChI=1S/C18H21FN2O2/c1-2-13-7-9-14(10-8-13)17(12-22)21-18(23)20-11-15-5-3-4-6-16(15)19/h3-10,17,22H,2,11-12H2,1H3,(H2,20,21,23). The van der Waals surface area contributed by atoms with Gasteiger partial charge in [-0.15, -0.1) is 0 Å². The number of nitrogens with one attached hydrogen (secondary N) is 2. The summed E-state index contributed by atoms with van der Waals surface area (Å²) in [5, 5.41) is 14.8. The Balaban J connectivity index is 1.92. The molecule has 0 spiro atoms. The number of benzene rings is 2. The Morgan fingerprint density at radius 2 is 1.87 bits per heavy atom. The van der Waals surface area contributed by atoms with E-state index in [0.717, 1.165) is 12.0 Å². The minimum absolute atomic E-state index is 0.0887. The number of urea groups is 1. The van der Waals surface area contributed by atoms with Gasteiger partial charge in [0.05, 0.1) is 12.6 Å². The number of hydrogen-bond donors (Lipinski definition) is 3. The number of amides is 2. The fourth-order valence-electron chi connectivity index (χ4n) is 2.25. The highest BCUT2D eigenvalue weighted by Crippen LogP contribution is 2.14. The first-order valence-electron chi connectivity index (χ1n) is 7.61. The maximum absolute atomic E-state index is 13.5. The maximum Gasteiger partial charge on any atom is 0.315 e. The zero-order valence-electron chi connectivity index (χ0n) is 13.1. The molecule has 2 aromatic carbocycles. The van der Waals surface area contributed by atoms with Gasteiger partial charge in [0.2, 0.25) is 0 Å². The number of aliphatic hydroxyl groups is 1.